The first-order valence-corrected chi connectivity index (χ1v) is 16.4. The highest BCUT2D eigenvalue weighted by atomic mass is 15.1. The minimum Gasteiger partial charge on any atom is -0.296 e. The average molecular weight is 635 g/mol. The van der Waals surface area contributed by atoms with Gasteiger partial charge in [-0.25, -0.2) is 4.98 Å². The number of imidazole rings is 1. The quantitative estimate of drug-likeness (QED) is 0.166. The number of para-hydroxylation sites is 2. The summed E-state index contributed by atoms with van der Waals surface area (Å²) in [4.78, 5) is 4.87. The van der Waals surface area contributed by atoms with E-state index in [0.717, 1.165) is 51.2 Å². The first-order chi connectivity index (χ1) is 27.6. The zero-order chi connectivity index (χ0) is 39.7. The highest BCUT2D eigenvalue weighted by Crippen LogP contribution is 2.44. The highest BCUT2D eigenvalue weighted by molar-refractivity contribution is 6.21. The molecule has 1 heterocycles. The van der Waals surface area contributed by atoms with E-state index in [1.165, 1.54) is 0 Å². The lowest BCUT2D eigenvalue weighted by Crippen LogP contribution is -2.00. The zero-order valence-corrected chi connectivity index (χ0v) is 26.7. The van der Waals surface area contributed by atoms with Crippen molar-refractivity contribution in [1.29, 1.82) is 0 Å². The van der Waals surface area contributed by atoms with Crippen molar-refractivity contribution in [3.05, 3.63) is 182 Å². The molecule has 0 unspecified atom stereocenters. The van der Waals surface area contributed by atoms with Gasteiger partial charge < -0.3 is 0 Å². The van der Waals surface area contributed by atoms with Crippen molar-refractivity contribution >= 4 is 32.6 Å². The van der Waals surface area contributed by atoms with Gasteiger partial charge in [0.1, 0.15) is 5.82 Å². The van der Waals surface area contributed by atoms with Gasteiger partial charge in [0.25, 0.3) is 0 Å². The first kappa shape index (κ1) is 21.6. The fraction of sp³-hybridized carbons (Fsp3) is 0.0426. The molecule has 1 aromatic heterocycles. The predicted octanol–water partition coefficient (Wildman–Crippen LogP) is 12.6. The van der Waals surface area contributed by atoms with Crippen molar-refractivity contribution in [1.82, 2.24) is 9.55 Å². The molecule has 0 bridgehead atoms. The van der Waals surface area contributed by atoms with Crippen LogP contribution in [0.2, 0.25) is 0 Å². The fourth-order valence-electron chi connectivity index (χ4n) is 6.94. The van der Waals surface area contributed by atoms with E-state index in [2.05, 4.69) is 23.6 Å². The molecule has 49 heavy (non-hydrogen) atoms. The van der Waals surface area contributed by atoms with Gasteiger partial charge in [-0.15, -0.1) is 0 Å². The number of nitrogens with zero attached hydrogens (tertiary/aromatic N) is 2. The minimum absolute atomic E-state index is 0.184. The van der Waals surface area contributed by atoms with Crippen LogP contribution < -0.4 is 0 Å². The Hall–Kier alpha value is -6.25. The standard InChI is InChI=1S/C47H34N2/c1-2-45-48-43-24-10-11-25-44(43)49(45)38-19-13-17-36(31-38)35-16-12-18-37(30-35)47-41-22-8-6-20-39(41)46(40-21-7-9-23-42(40)47)34-28-26-33(27-29-34)32-14-4-3-5-15-32/h3-31H,2H2,1H3/i6D,7D,8D,9D,20D,21D,22D,23D. The lowest BCUT2D eigenvalue weighted by molar-refractivity contribution is 0.908. The lowest BCUT2D eigenvalue weighted by atomic mass is 9.85. The summed E-state index contributed by atoms with van der Waals surface area (Å²) in [5.74, 6) is 0.929. The Morgan fingerprint density at radius 1 is 0.490 bits per heavy atom. The summed E-state index contributed by atoms with van der Waals surface area (Å²) in [7, 11) is 0. The molecule has 0 spiro atoms. The molecule has 0 saturated carbocycles. The summed E-state index contributed by atoms with van der Waals surface area (Å²) in [5, 5.41) is 0.744. The SMILES string of the molecule is [2H]c1c([2H])c([2H])c2c(-c3cccc(-c4cccc(-n5c(CC)nc6ccccc65)c4)c3)c3c([2H])c([2H])c([2H])c([2H])c3c(-c3ccc(-c4ccccc4)cc3)c2c1[2H]. The molecule has 0 aliphatic heterocycles. The van der Waals surface area contributed by atoms with Gasteiger partial charge in [0, 0.05) is 12.1 Å². The van der Waals surface area contributed by atoms with Gasteiger partial charge >= 0.3 is 0 Å². The summed E-state index contributed by atoms with van der Waals surface area (Å²) >= 11 is 0. The molecular weight excluding hydrogens is 593 g/mol. The van der Waals surface area contributed by atoms with Gasteiger partial charge in [0.2, 0.25) is 0 Å². The van der Waals surface area contributed by atoms with E-state index >= 15 is 0 Å². The molecular formula is C47H34N2. The molecule has 0 aliphatic rings. The van der Waals surface area contributed by atoms with E-state index in [0.29, 0.717) is 22.3 Å². The third kappa shape index (κ3) is 5.01. The number of hydrogen-bond acceptors (Lipinski definition) is 1. The highest BCUT2D eigenvalue weighted by Gasteiger charge is 2.17. The predicted molar refractivity (Wildman–Crippen MR) is 207 cm³/mol. The van der Waals surface area contributed by atoms with E-state index < -0.39 is 24.2 Å². The van der Waals surface area contributed by atoms with Gasteiger partial charge in [-0.05, 0) is 96.4 Å². The Balaban J connectivity index is 1.34. The lowest BCUT2D eigenvalue weighted by Gasteiger charge is -2.18. The van der Waals surface area contributed by atoms with Crippen molar-refractivity contribution in [2.45, 2.75) is 13.3 Å². The fourth-order valence-corrected chi connectivity index (χ4v) is 6.94. The molecule has 9 aromatic rings. The van der Waals surface area contributed by atoms with Crippen LogP contribution in [0.4, 0.5) is 0 Å². The summed E-state index contributed by atoms with van der Waals surface area (Å²) in [6.07, 6.45) is 0.735. The molecule has 0 saturated heterocycles. The third-order valence-corrected chi connectivity index (χ3v) is 9.19. The Morgan fingerprint density at radius 3 is 1.67 bits per heavy atom. The second-order valence-corrected chi connectivity index (χ2v) is 12.0. The van der Waals surface area contributed by atoms with E-state index in [1.807, 2.05) is 115 Å². The van der Waals surface area contributed by atoms with Crippen LogP contribution in [0.25, 0.3) is 82.8 Å². The number of fused-ring (bicyclic) bond motifs is 3. The van der Waals surface area contributed by atoms with Gasteiger partial charge in [0.05, 0.1) is 22.0 Å². The van der Waals surface area contributed by atoms with Gasteiger partial charge in [-0.1, -0.05) is 152 Å². The smallest absolute Gasteiger partial charge is 0.114 e. The van der Waals surface area contributed by atoms with E-state index in [4.69, 9.17) is 10.5 Å². The molecule has 0 radical (unpaired) electrons. The van der Waals surface area contributed by atoms with Crippen LogP contribution in [0.5, 0.6) is 0 Å². The molecule has 2 nitrogen and oxygen atoms in total. The van der Waals surface area contributed by atoms with Crippen LogP contribution in [0.1, 0.15) is 23.7 Å². The number of hydrogen-bond donors (Lipinski definition) is 0. The van der Waals surface area contributed by atoms with E-state index in [9.17, 15) is 5.48 Å². The van der Waals surface area contributed by atoms with Crippen molar-refractivity contribution in [3.8, 4) is 50.2 Å². The molecule has 0 atom stereocenters. The molecule has 8 aromatic carbocycles. The van der Waals surface area contributed by atoms with Crippen molar-refractivity contribution in [3.63, 3.8) is 0 Å². The van der Waals surface area contributed by atoms with E-state index in [1.54, 1.807) is 0 Å². The maximum absolute atomic E-state index is 9.36. The van der Waals surface area contributed by atoms with Gasteiger partial charge in [-0.3, -0.25) is 4.57 Å². The van der Waals surface area contributed by atoms with Crippen LogP contribution in [0, 0.1) is 0 Å². The molecule has 0 fully saturated rings. The van der Waals surface area contributed by atoms with E-state index in [-0.39, 0.29) is 45.7 Å². The van der Waals surface area contributed by atoms with Gasteiger partial charge in [0.15, 0.2) is 0 Å². The topological polar surface area (TPSA) is 17.8 Å². The van der Waals surface area contributed by atoms with Crippen molar-refractivity contribution in [2.24, 2.45) is 0 Å². The Kier molecular flexibility index (Phi) is 5.32. The summed E-state index contributed by atoms with van der Waals surface area (Å²) in [6, 6.07) is 38.2. The summed E-state index contributed by atoms with van der Waals surface area (Å²) in [5.41, 5.74) is 8.23. The van der Waals surface area contributed by atoms with Crippen LogP contribution in [-0.4, -0.2) is 9.55 Å². The summed E-state index contributed by atoms with van der Waals surface area (Å²) in [6.45, 7) is 2.08. The number of aryl methyl sites for hydroxylation is 1. The average Bonchev–Trinajstić information content (AvgIpc) is 3.64. The zero-order valence-electron chi connectivity index (χ0n) is 34.7. The monoisotopic (exact) mass is 634 g/mol. The number of rotatable bonds is 6. The van der Waals surface area contributed by atoms with Gasteiger partial charge in [-0.2, -0.15) is 0 Å². The maximum Gasteiger partial charge on any atom is 0.114 e. The van der Waals surface area contributed by atoms with Crippen LogP contribution in [-0.2, 0) is 6.42 Å². The number of benzene rings is 8. The molecule has 2 heteroatoms. The normalized spacial score (nSPS) is 13.7. The third-order valence-electron chi connectivity index (χ3n) is 9.19. The second-order valence-electron chi connectivity index (χ2n) is 12.0. The Labute approximate surface area is 297 Å². The molecule has 9 rings (SSSR count). The van der Waals surface area contributed by atoms with Crippen LogP contribution in [0.15, 0.2) is 176 Å². The number of aromatic nitrogens is 2. The largest absolute Gasteiger partial charge is 0.296 e. The molecule has 232 valence electrons. The van der Waals surface area contributed by atoms with Crippen molar-refractivity contribution in [2.75, 3.05) is 0 Å². The summed E-state index contributed by atoms with van der Waals surface area (Å²) < 4.78 is 74.7. The maximum atomic E-state index is 9.36. The molecule has 0 aliphatic carbocycles. The Bertz CT molecular complexity index is 3000. The second kappa shape index (κ2) is 12.1. The molecule has 0 N–H and O–H groups in total. The Morgan fingerprint density at radius 2 is 1.00 bits per heavy atom. The van der Waals surface area contributed by atoms with Crippen LogP contribution >= 0.6 is 0 Å². The minimum atomic E-state index is -0.428. The van der Waals surface area contributed by atoms with Crippen LogP contribution in [0.3, 0.4) is 0 Å². The van der Waals surface area contributed by atoms with Crippen molar-refractivity contribution < 1.29 is 11.0 Å². The first-order valence-electron chi connectivity index (χ1n) is 20.4. The molecule has 0 amide bonds.